The highest BCUT2D eigenvalue weighted by atomic mass is 32.2. The second kappa shape index (κ2) is 7.03. The highest BCUT2D eigenvalue weighted by Crippen LogP contribution is 2.29. The van der Waals surface area contributed by atoms with Gasteiger partial charge in [-0.05, 0) is 24.1 Å². The van der Waals surface area contributed by atoms with Crippen molar-refractivity contribution in [2.45, 2.75) is 24.7 Å². The fourth-order valence-electron chi connectivity index (χ4n) is 1.84. The Hall–Kier alpha value is -2.03. The summed E-state index contributed by atoms with van der Waals surface area (Å²) in [7, 11) is 1.21. The van der Waals surface area contributed by atoms with Crippen LogP contribution in [0, 0.1) is 0 Å². The third kappa shape index (κ3) is 4.47. The molecule has 9 heteroatoms. The smallest absolute Gasteiger partial charge is 0.325 e. The molecule has 124 valence electrons. The van der Waals surface area contributed by atoms with E-state index in [9.17, 15) is 18.0 Å². The second-order valence-corrected chi connectivity index (χ2v) is 5.69. The van der Waals surface area contributed by atoms with Crippen LogP contribution < -0.4 is 5.32 Å². The zero-order valence-corrected chi connectivity index (χ0v) is 13.3. The molecule has 0 aliphatic carbocycles. The van der Waals surface area contributed by atoms with Crippen molar-refractivity contribution in [1.82, 2.24) is 14.8 Å². The fraction of sp³-hybridized carbons (Fsp3) is 0.357. The summed E-state index contributed by atoms with van der Waals surface area (Å²) in [5.41, 5.74) is 1.79. The van der Waals surface area contributed by atoms with Crippen molar-refractivity contribution in [3.05, 3.63) is 35.7 Å². The van der Waals surface area contributed by atoms with Crippen LogP contribution in [0.3, 0.4) is 0 Å². The van der Waals surface area contributed by atoms with Crippen molar-refractivity contribution >= 4 is 23.4 Å². The van der Waals surface area contributed by atoms with Gasteiger partial charge < -0.3 is 9.88 Å². The molecule has 1 aromatic heterocycles. The molecular weight excluding hydrogens is 329 g/mol. The van der Waals surface area contributed by atoms with Crippen LogP contribution in [0.25, 0.3) is 0 Å². The van der Waals surface area contributed by atoms with Crippen LogP contribution in [0.4, 0.5) is 18.9 Å². The van der Waals surface area contributed by atoms with Gasteiger partial charge in [0.15, 0.2) is 5.16 Å². The summed E-state index contributed by atoms with van der Waals surface area (Å²) in [6.07, 6.45) is -3.67. The molecular formula is C14H15F3N4OS. The Balaban J connectivity index is 1.93. The Morgan fingerprint density at radius 1 is 1.26 bits per heavy atom. The van der Waals surface area contributed by atoms with Gasteiger partial charge in [-0.1, -0.05) is 30.8 Å². The molecule has 2 aromatic rings. The topological polar surface area (TPSA) is 59.8 Å². The minimum atomic E-state index is -4.57. The van der Waals surface area contributed by atoms with Gasteiger partial charge in [0.25, 0.3) is 0 Å². The van der Waals surface area contributed by atoms with E-state index in [4.69, 9.17) is 0 Å². The van der Waals surface area contributed by atoms with Gasteiger partial charge in [0.05, 0.1) is 5.75 Å². The summed E-state index contributed by atoms with van der Waals surface area (Å²) in [6.45, 7) is 2.03. The maximum atomic E-state index is 12.6. The predicted molar refractivity (Wildman–Crippen MR) is 81.2 cm³/mol. The van der Waals surface area contributed by atoms with Crippen LogP contribution >= 0.6 is 11.8 Å². The quantitative estimate of drug-likeness (QED) is 0.847. The Kier molecular flexibility index (Phi) is 5.30. The summed E-state index contributed by atoms with van der Waals surface area (Å²) in [5, 5.41) is 9.28. The summed E-state index contributed by atoms with van der Waals surface area (Å²) >= 11 is 0.896. The van der Waals surface area contributed by atoms with Gasteiger partial charge in [0, 0.05) is 12.7 Å². The van der Waals surface area contributed by atoms with Gasteiger partial charge >= 0.3 is 6.18 Å². The van der Waals surface area contributed by atoms with E-state index in [-0.39, 0.29) is 16.8 Å². The molecule has 1 N–H and O–H groups in total. The van der Waals surface area contributed by atoms with Crippen LogP contribution in [-0.4, -0.2) is 26.4 Å². The third-order valence-electron chi connectivity index (χ3n) is 3.07. The first kappa shape index (κ1) is 17.3. The van der Waals surface area contributed by atoms with Crippen LogP contribution in [-0.2, 0) is 24.4 Å². The molecule has 5 nitrogen and oxygen atoms in total. The zero-order chi connectivity index (χ0) is 17.0. The van der Waals surface area contributed by atoms with Gasteiger partial charge in [0.1, 0.15) is 0 Å². The molecule has 0 bridgehead atoms. The van der Waals surface area contributed by atoms with E-state index in [1.54, 1.807) is 12.1 Å². The molecule has 0 unspecified atom stereocenters. The van der Waals surface area contributed by atoms with Crippen molar-refractivity contribution in [3.63, 3.8) is 0 Å². The summed E-state index contributed by atoms with van der Waals surface area (Å²) < 4.78 is 38.6. The molecule has 2 rings (SSSR count). The average Bonchev–Trinajstić information content (AvgIpc) is 2.87. The number of carbonyl (C=O) groups excluding carboxylic acids is 1. The molecule has 0 atom stereocenters. The van der Waals surface area contributed by atoms with E-state index >= 15 is 0 Å². The molecule has 1 amide bonds. The number of nitrogens with zero attached hydrogens (tertiary/aromatic N) is 3. The number of amides is 1. The van der Waals surface area contributed by atoms with E-state index < -0.39 is 12.0 Å². The number of nitrogens with one attached hydrogen (secondary N) is 1. The number of thioether (sulfide) groups is 1. The fourth-order valence-corrected chi connectivity index (χ4v) is 2.55. The van der Waals surface area contributed by atoms with E-state index in [0.29, 0.717) is 5.69 Å². The SMILES string of the molecule is CCc1ccc(NC(=O)CSc2nnc(C(F)(F)F)n2C)cc1. The summed E-state index contributed by atoms with van der Waals surface area (Å²) in [6, 6.07) is 7.37. The highest BCUT2D eigenvalue weighted by molar-refractivity contribution is 7.99. The number of alkyl halides is 3. The Bertz CT molecular complexity index is 682. The maximum Gasteiger partial charge on any atom is 0.451 e. The Morgan fingerprint density at radius 2 is 1.91 bits per heavy atom. The molecule has 0 aliphatic rings. The normalized spacial score (nSPS) is 11.5. The molecule has 0 fully saturated rings. The first-order valence-electron chi connectivity index (χ1n) is 6.79. The minimum absolute atomic E-state index is 0.0359. The number of benzene rings is 1. The van der Waals surface area contributed by atoms with Gasteiger partial charge in [-0.3, -0.25) is 4.79 Å². The van der Waals surface area contributed by atoms with Gasteiger partial charge in [-0.15, -0.1) is 10.2 Å². The second-order valence-electron chi connectivity index (χ2n) is 4.75. The first-order valence-corrected chi connectivity index (χ1v) is 7.78. The zero-order valence-electron chi connectivity index (χ0n) is 12.5. The van der Waals surface area contributed by atoms with Crippen LogP contribution in [0.15, 0.2) is 29.4 Å². The number of hydrogen-bond donors (Lipinski definition) is 1. The number of hydrogen-bond acceptors (Lipinski definition) is 4. The summed E-state index contributed by atoms with van der Waals surface area (Å²) in [5.74, 6) is -1.47. The number of aromatic nitrogens is 3. The lowest BCUT2D eigenvalue weighted by Gasteiger charge is -2.07. The van der Waals surface area contributed by atoms with E-state index in [2.05, 4.69) is 15.5 Å². The van der Waals surface area contributed by atoms with E-state index in [0.717, 1.165) is 28.3 Å². The molecule has 1 heterocycles. The van der Waals surface area contributed by atoms with Crippen molar-refractivity contribution in [2.75, 3.05) is 11.1 Å². The Labute approximate surface area is 135 Å². The van der Waals surface area contributed by atoms with Crippen LogP contribution in [0.1, 0.15) is 18.3 Å². The lowest BCUT2D eigenvalue weighted by molar-refractivity contribution is -0.147. The predicted octanol–water partition coefficient (Wildman–Crippen LogP) is 3.13. The average molecular weight is 344 g/mol. The van der Waals surface area contributed by atoms with Gasteiger partial charge in [0.2, 0.25) is 11.7 Å². The van der Waals surface area contributed by atoms with Crippen LogP contribution in [0.5, 0.6) is 0 Å². The van der Waals surface area contributed by atoms with Crippen molar-refractivity contribution in [2.24, 2.45) is 7.05 Å². The lowest BCUT2D eigenvalue weighted by atomic mass is 10.1. The molecule has 0 radical (unpaired) electrons. The lowest BCUT2D eigenvalue weighted by Crippen LogP contribution is -2.15. The standard InChI is InChI=1S/C14H15F3N4OS/c1-3-9-4-6-10(7-5-9)18-11(22)8-23-13-20-19-12(21(13)2)14(15,16)17/h4-7H,3,8H2,1-2H3,(H,18,22). The van der Waals surface area contributed by atoms with E-state index in [1.807, 2.05) is 19.1 Å². The third-order valence-corrected chi connectivity index (χ3v) is 4.09. The maximum absolute atomic E-state index is 12.6. The van der Waals surface area contributed by atoms with Crippen molar-refractivity contribution in [1.29, 1.82) is 0 Å². The molecule has 1 aromatic carbocycles. The summed E-state index contributed by atoms with van der Waals surface area (Å²) in [4.78, 5) is 11.8. The highest BCUT2D eigenvalue weighted by Gasteiger charge is 2.37. The number of carbonyl (C=O) groups is 1. The van der Waals surface area contributed by atoms with Gasteiger partial charge in [-0.2, -0.15) is 13.2 Å². The molecule has 0 aliphatic heterocycles. The number of halogens is 3. The first-order chi connectivity index (χ1) is 10.8. The monoisotopic (exact) mass is 344 g/mol. The van der Waals surface area contributed by atoms with Crippen LogP contribution in [0.2, 0.25) is 0 Å². The van der Waals surface area contributed by atoms with Gasteiger partial charge in [-0.25, -0.2) is 0 Å². The molecule has 23 heavy (non-hydrogen) atoms. The van der Waals surface area contributed by atoms with Crippen molar-refractivity contribution in [3.8, 4) is 0 Å². The molecule has 0 saturated heterocycles. The molecule has 0 spiro atoms. The molecule has 0 saturated carbocycles. The van der Waals surface area contributed by atoms with E-state index in [1.165, 1.54) is 7.05 Å². The minimum Gasteiger partial charge on any atom is -0.325 e. The number of aryl methyl sites for hydroxylation is 1. The van der Waals surface area contributed by atoms with Crippen molar-refractivity contribution < 1.29 is 18.0 Å². The Morgan fingerprint density at radius 3 is 2.43 bits per heavy atom. The number of anilines is 1. The largest absolute Gasteiger partial charge is 0.451 e. The number of rotatable bonds is 5.